The second-order valence-corrected chi connectivity index (χ2v) is 8.76. The normalized spacial score (nSPS) is 22.5. The zero-order valence-corrected chi connectivity index (χ0v) is 18.5. The fourth-order valence-corrected chi connectivity index (χ4v) is 4.43. The molecular formula is C22H28F3N5O4. The summed E-state index contributed by atoms with van der Waals surface area (Å²) in [5.41, 5.74) is 3.22. The number of piperazine rings is 1. The largest absolute Gasteiger partial charge is 0.480 e. The van der Waals surface area contributed by atoms with E-state index in [-0.39, 0.29) is 6.03 Å². The van der Waals surface area contributed by atoms with Crippen LogP contribution in [0.5, 0.6) is 0 Å². The summed E-state index contributed by atoms with van der Waals surface area (Å²) in [6.07, 6.45) is -1.05. The number of anilines is 1. The standard InChI is InChI=1S/C22H28F3N5O4/c23-22(24,25)16-2-1-15(19(13-16)28-6-3-17(31)4-7-28)14-27-9-11-29(12-10-27)21(34)30-8-5-18(26-30)20(32)33/h1-2,5,8,13,17-18,26,31H,3-4,6-7,9-12,14H2,(H,32,33). The molecule has 1 aromatic carbocycles. The van der Waals surface area contributed by atoms with E-state index in [1.165, 1.54) is 24.4 Å². The van der Waals surface area contributed by atoms with Gasteiger partial charge in [-0.3, -0.25) is 9.69 Å². The molecule has 3 aliphatic rings. The first kappa shape index (κ1) is 24.3. The predicted molar refractivity (Wildman–Crippen MR) is 117 cm³/mol. The Morgan fingerprint density at radius 1 is 1.06 bits per heavy atom. The molecule has 34 heavy (non-hydrogen) atoms. The van der Waals surface area contributed by atoms with Crippen LogP contribution < -0.4 is 10.3 Å². The monoisotopic (exact) mass is 483 g/mol. The van der Waals surface area contributed by atoms with Crippen molar-refractivity contribution in [3.63, 3.8) is 0 Å². The lowest BCUT2D eigenvalue weighted by atomic mass is 10.0. The molecule has 2 saturated heterocycles. The molecule has 0 aliphatic carbocycles. The molecule has 0 saturated carbocycles. The Balaban J connectivity index is 1.40. The van der Waals surface area contributed by atoms with Crippen molar-refractivity contribution in [3.05, 3.63) is 41.6 Å². The van der Waals surface area contributed by atoms with Crippen molar-refractivity contribution in [2.75, 3.05) is 44.2 Å². The number of aliphatic carboxylic acids is 1. The molecule has 3 aliphatic heterocycles. The highest BCUT2D eigenvalue weighted by Crippen LogP contribution is 2.35. The molecule has 0 radical (unpaired) electrons. The van der Waals surface area contributed by atoms with E-state index in [0.29, 0.717) is 64.3 Å². The number of halogens is 3. The number of carbonyl (C=O) groups excluding carboxylic acids is 1. The summed E-state index contributed by atoms with van der Waals surface area (Å²) in [5, 5.41) is 20.0. The molecule has 186 valence electrons. The number of amides is 2. The molecule has 9 nitrogen and oxygen atoms in total. The maximum atomic E-state index is 13.3. The number of aliphatic hydroxyl groups excluding tert-OH is 1. The van der Waals surface area contributed by atoms with Crippen LogP contribution in [0.4, 0.5) is 23.7 Å². The minimum absolute atomic E-state index is 0.346. The summed E-state index contributed by atoms with van der Waals surface area (Å²) in [7, 11) is 0. The van der Waals surface area contributed by atoms with Gasteiger partial charge in [0.1, 0.15) is 6.04 Å². The number of nitrogens with one attached hydrogen (secondary N) is 1. The van der Waals surface area contributed by atoms with E-state index in [1.807, 2.05) is 4.90 Å². The van der Waals surface area contributed by atoms with E-state index in [2.05, 4.69) is 10.3 Å². The van der Waals surface area contributed by atoms with Crippen LogP contribution in [0.25, 0.3) is 0 Å². The third kappa shape index (κ3) is 5.45. The Morgan fingerprint density at radius 3 is 2.32 bits per heavy atom. The summed E-state index contributed by atoms with van der Waals surface area (Å²) >= 11 is 0. The molecule has 2 amide bonds. The quantitative estimate of drug-likeness (QED) is 0.600. The average molecular weight is 483 g/mol. The topological polar surface area (TPSA) is 99.6 Å². The van der Waals surface area contributed by atoms with Gasteiger partial charge in [-0.05, 0) is 36.6 Å². The van der Waals surface area contributed by atoms with Crippen LogP contribution in [0.1, 0.15) is 24.0 Å². The van der Waals surface area contributed by atoms with Crippen LogP contribution in [-0.4, -0.2) is 88.4 Å². The fourth-order valence-electron chi connectivity index (χ4n) is 4.43. The number of benzene rings is 1. The maximum Gasteiger partial charge on any atom is 0.416 e. The third-order valence-electron chi connectivity index (χ3n) is 6.43. The van der Waals surface area contributed by atoms with Crippen molar-refractivity contribution in [1.29, 1.82) is 0 Å². The highest BCUT2D eigenvalue weighted by Gasteiger charge is 2.33. The summed E-state index contributed by atoms with van der Waals surface area (Å²) in [5.74, 6) is -1.08. The van der Waals surface area contributed by atoms with Crippen LogP contribution in [-0.2, 0) is 17.5 Å². The third-order valence-corrected chi connectivity index (χ3v) is 6.43. The van der Waals surface area contributed by atoms with E-state index in [4.69, 9.17) is 5.11 Å². The van der Waals surface area contributed by atoms with E-state index < -0.39 is 29.9 Å². The van der Waals surface area contributed by atoms with E-state index >= 15 is 0 Å². The number of aliphatic hydroxyl groups is 1. The number of hydrazine groups is 1. The van der Waals surface area contributed by atoms with Gasteiger partial charge in [0.15, 0.2) is 0 Å². The molecule has 4 rings (SSSR count). The van der Waals surface area contributed by atoms with Gasteiger partial charge in [0.2, 0.25) is 0 Å². The maximum absolute atomic E-state index is 13.3. The SMILES string of the molecule is O=C(O)C1C=CN(C(=O)N2CCN(Cc3ccc(C(F)(F)F)cc3N3CCC(O)CC3)CC2)N1. The molecule has 1 atom stereocenters. The number of piperidine rings is 1. The summed E-state index contributed by atoms with van der Waals surface area (Å²) in [6, 6.07) is 2.52. The van der Waals surface area contributed by atoms with Crippen molar-refractivity contribution in [1.82, 2.24) is 20.2 Å². The van der Waals surface area contributed by atoms with Crippen molar-refractivity contribution in [3.8, 4) is 0 Å². The van der Waals surface area contributed by atoms with Crippen LogP contribution in [0, 0.1) is 0 Å². The lowest BCUT2D eigenvalue weighted by Gasteiger charge is -2.38. The molecule has 2 fully saturated rings. The van der Waals surface area contributed by atoms with Gasteiger partial charge in [-0.15, -0.1) is 0 Å². The van der Waals surface area contributed by atoms with Gasteiger partial charge in [0.25, 0.3) is 0 Å². The van der Waals surface area contributed by atoms with Crippen LogP contribution in [0.3, 0.4) is 0 Å². The van der Waals surface area contributed by atoms with Gasteiger partial charge < -0.3 is 20.0 Å². The predicted octanol–water partition coefficient (Wildman–Crippen LogP) is 1.69. The van der Waals surface area contributed by atoms with Gasteiger partial charge in [-0.1, -0.05) is 6.07 Å². The van der Waals surface area contributed by atoms with Crippen LogP contribution >= 0.6 is 0 Å². The van der Waals surface area contributed by atoms with Gasteiger partial charge in [-0.2, -0.15) is 13.2 Å². The first-order valence-corrected chi connectivity index (χ1v) is 11.2. The number of carboxylic acids is 1. The molecule has 3 heterocycles. The second kappa shape index (κ2) is 9.80. The van der Waals surface area contributed by atoms with Gasteiger partial charge in [-0.25, -0.2) is 15.2 Å². The number of rotatable bonds is 4. The van der Waals surface area contributed by atoms with E-state index in [0.717, 1.165) is 16.6 Å². The molecule has 0 bridgehead atoms. The number of carbonyl (C=O) groups is 2. The number of urea groups is 1. The van der Waals surface area contributed by atoms with Crippen LogP contribution in [0.15, 0.2) is 30.5 Å². The smallest absolute Gasteiger partial charge is 0.416 e. The Morgan fingerprint density at radius 2 is 1.74 bits per heavy atom. The summed E-state index contributed by atoms with van der Waals surface area (Å²) in [4.78, 5) is 29.3. The van der Waals surface area contributed by atoms with Crippen molar-refractivity contribution in [2.24, 2.45) is 0 Å². The molecule has 0 aromatic heterocycles. The highest BCUT2D eigenvalue weighted by atomic mass is 19.4. The zero-order chi connectivity index (χ0) is 24.5. The van der Waals surface area contributed by atoms with Gasteiger partial charge in [0, 0.05) is 57.7 Å². The summed E-state index contributed by atoms with van der Waals surface area (Å²) < 4.78 is 40.0. The molecule has 0 spiro atoms. The lowest BCUT2D eigenvalue weighted by molar-refractivity contribution is -0.139. The first-order valence-electron chi connectivity index (χ1n) is 11.2. The number of nitrogens with zero attached hydrogens (tertiary/aromatic N) is 4. The molecule has 1 aromatic rings. The average Bonchev–Trinajstić information content (AvgIpc) is 3.30. The first-order chi connectivity index (χ1) is 16.1. The number of carboxylic acid groups (broad SMARTS) is 1. The Kier molecular flexibility index (Phi) is 7.01. The Bertz CT molecular complexity index is 941. The molecule has 3 N–H and O–H groups in total. The van der Waals surface area contributed by atoms with Gasteiger partial charge >= 0.3 is 18.2 Å². The summed E-state index contributed by atoms with van der Waals surface area (Å²) in [6.45, 7) is 3.31. The van der Waals surface area contributed by atoms with Gasteiger partial charge in [0.05, 0.1) is 11.7 Å². The van der Waals surface area contributed by atoms with E-state index in [9.17, 15) is 27.9 Å². The number of hydrogen-bond acceptors (Lipinski definition) is 6. The van der Waals surface area contributed by atoms with Crippen molar-refractivity contribution >= 4 is 17.7 Å². The van der Waals surface area contributed by atoms with Crippen molar-refractivity contribution < 1.29 is 33.0 Å². The minimum Gasteiger partial charge on any atom is -0.480 e. The van der Waals surface area contributed by atoms with Crippen molar-refractivity contribution in [2.45, 2.75) is 37.7 Å². The lowest BCUT2D eigenvalue weighted by Crippen LogP contribution is -2.54. The van der Waals surface area contributed by atoms with Crippen LogP contribution in [0.2, 0.25) is 0 Å². The molecule has 1 unspecified atom stereocenters. The number of alkyl halides is 3. The number of hydrogen-bond donors (Lipinski definition) is 3. The molecule has 12 heteroatoms. The zero-order valence-electron chi connectivity index (χ0n) is 18.5. The Labute approximate surface area is 195 Å². The van der Waals surface area contributed by atoms with E-state index in [1.54, 1.807) is 4.90 Å². The minimum atomic E-state index is -4.44. The molecular weight excluding hydrogens is 455 g/mol. The Hall–Kier alpha value is -2.83. The highest BCUT2D eigenvalue weighted by molar-refractivity contribution is 5.80. The second-order valence-electron chi connectivity index (χ2n) is 8.76. The fraction of sp³-hybridized carbons (Fsp3) is 0.545.